The van der Waals surface area contributed by atoms with E-state index >= 15 is 0 Å². The first kappa shape index (κ1) is 11.6. The zero-order valence-electron chi connectivity index (χ0n) is 9.16. The van der Waals surface area contributed by atoms with Crippen molar-refractivity contribution in [1.82, 2.24) is 9.88 Å². The summed E-state index contributed by atoms with van der Waals surface area (Å²) in [5.74, 6) is 0. The van der Waals surface area contributed by atoms with Crippen molar-refractivity contribution < 1.29 is 0 Å². The normalized spacial score (nSPS) is 13.5. The van der Waals surface area contributed by atoms with Crippen LogP contribution in [0.1, 0.15) is 23.9 Å². The highest BCUT2D eigenvalue weighted by molar-refractivity contribution is 7.09. The molecular weight excluding hydrogens is 194 g/mol. The molecule has 4 heteroatoms. The van der Waals surface area contributed by atoms with Gasteiger partial charge in [0.25, 0.3) is 0 Å². The second-order valence-corrected chi connectivity index (χ2v) is 4.51. The van der Waals surface area contributed by atoms with Gasteiger partial charge in [-0.25, -0.2) is 4.98 Å². The maximum Gasteiger partial charge on any atom is 0.0798 e. The first-order valence-electron chi connectivity index (χ1n) is 4.98. The summed E-state index contributed by atoms with van der Waals surface area (Å²) in [7, 11) is 2.13. The van der Waals surface area contributed by atoms with E-state index in [1.54, 1.807) is 11.3 Å². The van der Waals surface area contributed by atoms with Crippen molar-refractivity contribution in [1.29, 1.82) is 0 Å². The second-order valence-electron chi connectivity index (χ2n) is 3.57. The van der Waals surface area contributed by atoms with Gasteiger partial charge in [0.15, 0.2) is 0 Å². The molecule has 1 unspecified atom stereocenters. The Labute approximate surface area is 89.9 Å². The van der Waals surface area contributed by atoms with E-state index in [1.165, 1.54) is 4.88 Å². The molecule has 1 heterocycles. The standard InChI is InChI=1S/C10H19N3S/c1-4-9(5-11)13(3)6-10-8(2)12-7-14-10/h7,9H,4-6,11H2,1-3H3. The van der Waals surface area contributed by atoms with Crippen molar-refractivity contribution in [2.24, 2.45) is 5.73 Å². The molecule has 0 radical (unpaired) electrons. The van der Waals surface area contributed by atoms with E-state index < -0.39 is 0 Å². The third-order valence-corrected chi connectivity index (χ3v) is 3.52. The lowest BCUT2D eigenvalue weighted by Crippen LogP contribution is -2.36. The zero-order chi connectivity index (χ0) is 10.6. The van der Waals surface area contributed by atoms with E-state index in [0.717, 1.165) is 25.2 Å². The van der Waals surface area contributed by atoms with Gasteiger partial charge in [-0.05, 0) is 20.4 Å². The largest absolute Gasteiger partial charge is 0.329 e. The first-order chi connectivity index (χ1) is 6.69. The SMILES string of the molecule is CCC(CN)N(C)Cc1scnc1C. The van der Waals surface area contributed by atoms with Crippen LogP contribution in [0.15, 0.2) is 5.51 Å². The molecule has 1 rings (SSSR count). The highest BCUT2D eigenvalue weighted by atomic mass is 32.1. The molecule has 0 aliphatic rings. The highest BCUT2D eigenvalue weighted by Gasteiger charge is 2.12. The second kappa shape index (κ2) is 5.44. The fourth-order valence-corrected chi connectivity index (χ4v) is 2.33. The van der Waals surface area contributed by atoms with Gasteiger partial charge in [0, 0.05) is 24.0 Å². The molecule has 0 aliphatic carbocycles. The van der Waals surface area contributed by atoms with Crippen LogP contribution in [0.4, 0.5) is 0 Å². The summed E-state index contributed by atoms with van der Waals surface area (Å²) in [4.78, 5) is 7.89. The quantitative estimate of drug-likeness (QED) is 0.808. The number of aromatic nitrogens is 1. The van der Waals surface area contributed by atoms with Crippen molar-refractivity contribution in [3.63, 3.8) is 0 Å². The third-order valence-electron chi connectivity index (χ3n) is 2.60. The van der Waals surface area contributed by atoms with Crippen molar-refractivity contribution in [2.75, 3.05) is 13.6 Å². The van der Waals surface area contributed by atoms with Crippen LogP contribution in [0.3, 0.4) is 0 Å². The van der Waals surface area contributed by atoms with Gasteiger partial charge in [0.1, 0.15) is 0 Å². The Morgan fingerprint density at radius 2 is 2.36 bits per heavy atom. The number of hydrogen-bond donors (Lipinski definition) is 1. The molecule has 0 aliphatic heterocycles. The van der Waals surface area contributed by atoms with Gasteiger partial charge in [-0.15, -0.1) is 11.3 Å². The molecule has 0 aromatic carbocycles. The Morgan fingerprint density at radius 3 is 2.79 bits per heavy atom. The van der Waals surface area contributed by atoms with Gasteiger partial charge in [0.2, 0.25) is 0 Å². The molecular formula is C10H19N3S. The minimum absolute atomic E-state index is 0.483. The van der Waals surface area contributed by atoms with Crippen LogP contribution in [0.25, 0.3) is 0 Å². The maximum absolute atomic E-state index is 5.70. The zero-order valence-corrected chi connectivity index (χ0v) is 9.97. The molecule has 3 nitrogen and oxygen atoms in total. The Kier molecular flexibility index (Phi) is 4.51. The first-order valence-corrected chi connectivity index (χ1v) is 5.86. The van der Waals surface area contributed by atoms with E-state index in [4.69, 9.17) is 5.73 Å². The van der Waals surface area contributed by atoms with Crippen LogP contribution >= 0.6 is 11.3 Å². The summed E-state index contributed by atoms with van der Waals surface area (Å²) in [6.45, 7) is 5.92. The van der Waals surface area contributed by atoms with Crippen LogP contribution in [-0.2, 0) is 6.54 Å². The smallest absolute Gasteiger partial charge is 0.0798 e. The van der Waals surface area contributed by atoms with Gasteiger partial charge in [0.05, 0.1) is 11.2 Å². The van der Waals surface area contributed by atoms with E-state index in [9.17, 15) is 0 Å². The number of thiazole rings is 1. The Balaban J connectivity index is 2.56. The average molecular weight is 213 g/mol. The monoisotopic (exact) mass is 213 g/mol. The van der Waals surface area contributed by atoms with Crippen molar-refractivity contribution >= 4 is 11.3 Å². The Bertz CT molecular complexity index is 268. The van der Waals surface area contributed by atoms with Gasteiger partial charge in [-0.1, -0.05) is 6.92 Å². The average Bonchev–Trinajstić information content (AvgIpc) is 2.54. The summed E-state index contributed by atoms with van der Waals surface area (Å²) in [5, 5.41) is 0. The molecule has 14 heavy (non-hydrogen) atoms. The topological polar surface area (TPSA) is 42.1 Å². The Hall–Kier alpha value is -0.450. The van der Waals surface area contributed by atoms with Crippen molar-refractivity contribution in [3.8, 4) is 0 Å². The van der Waals surface area contributed by atoms with Crippen molar-refractivity contribution in [2.45, 2.75) is 32.9 Å². The molecule has 80 valence electrons. The lowest BCUT2D eigenvalue weighted by Gasteiger charge is -2.25. The van der Waals surface area contributed by atoms with E-state index in [0.29, 0.717) is 6.04 Å². The highest BCUT2D eigenvalue weighted by Crippen LogP contribution is 2.15. The van der Waals surface area contributed by atoms with E-state index in [2.05, 4.69) is 30.8 Å². The Morgan fingerprint density at radius 1 is 1.64 bits per heavy atom. The minimum atomic E-state index is 0.483. The molecule has 0 saturated carbocycles. The fraction of sp³-hybridized carbons (Fsp3) is 0.700. The van der Waals surface area contributed by atoms with Gasteiger partial charge in [-0.2, -0.15) is 0 Å². The molecule has 2 N–H and O–H groups in total. The van der Waals surface area contributed by atoms with Crippen LogP contribution in [0, 0.1) is 6.92 Å². The van der Waals surface area contributed by atoms with Crippen LogP contribution < -0.4 is 5.73 Å². The van der Waals surface area contributed by atoms with Gasteiger partial charge in [-0.3, -0.25) is 4.90 Å². The van der Waals surface area contributed by atoms with Gasteiger partial charge < -0.3 is 5.73 Å². The molecule has 0 saturated heterocycles. The molecule has 0 bridgehead atoms. The molecule has 0 amide bonds. The molecule has 1 aromatic rings. The fourth-order valence-electron chi connectivity index (χ4n) is 1.49. The molecule has 0 spiro atoms. The number of aryl methyl sites for hydroxylation is 1. The summed E-state index contributed by atoms with van der Waals surface area (Å²) in [5.41, 5.74) is 8.75. The third kappa shape index (κ3) is 2.77. The van der Waals surface area contributed by atoms with Crippen LogP contribution in [-0.4, -0.2) is 29.5 Å². The summed E-state index contributed by atoms with van der Waals surface area (Å²) >= 11 is 1.72. The number of hydrogen-bond acceptors (Lipinski definition) is 4. The summed E-state index contributed by atoms with van der Waals surface area (Å²) in [6.07, 6.45) is 1.10. The van der Waals surface area contributed by atoms with Gasteiger partial charge >= 0.3 is 0 Å². The lowest BCUT2D eigenvalue weighted by atomic mass is 10.2. The predicted molar refractivity (Wildman–Crippen MR) is 61.5 cm³/mol. The maximum atomic E-state index is 5.70. The molecule has 1 atom stereocenters. The summed E-state index contributed by atoms with van der Waals surface area (Å²) in [6, 6.07) is 0.483. The summed E-state index contributed by atoms with van der Waals surface area (Å²) < 4.78 is 0. The minimum Gasteiger partial charge on any atom is -0.329 e. The number of nitrogens with two attached hydrogens (primary N) is 1. The van der Waals surface area contributed by atoms with Crippen LogP contribution in [0.5, 0.6) is 0 Å². The van der Waals surface area contributed by atoms with E-state index in [1.807, 2.05) is 5.51 Å². The van der Waals surface area contributed by atoms with E-state index in [-0.39, 0.29) is 0 Å². The number of rotatable bonds is 5. The van der Waals surface area contributed by atoms with Crippen molar-refractivity contribution in [3.05, 3.63) is 16.1 Å². The predicted octanol–water partition coefficient (Wildman–Crippen LogP) is 1.62. The molecule has 0 fully saturated rings. The molecule has 1 aromatic heterocycles. The lowest BCUT2D eigenvalue weighted by molar-refractivity contribution is 0.234. The van der Waals surface area contributed by atoms with Crippen LogP contribution in [0.2, 0.25) is 0 Å². The number of nitrogens with zero attached hydrogens (tertiary/aromatic N) is 2. The number of likely N-dealkylation sites (N-methyl/N-ethyl adjacent to an activating group) is 1.